The molecule has 0 aliphatic rings. The first-order valence-electron chi connectivity index (χ1n) is 3.18. The Bertz CT molecular complexity index is 198. The molecule has 0 saturated carbocycles. The van der Waals surface area contributed by atoms with Crippen molar-refractivity contribution in [2.24, 2.45) is 5.73 Å². The molecular weight excluding hydrogens is 150 g/mol. The third kappa shape index (κ3) is 1.70. The summed E-state index contributed by atoms with van der Waals surface area (Å²) in [4.78, 5) is 0. The molecule has 0 saturated heterocycles. The summed E-state index contributed by atoms with van der Waals surface area (Å²) in [5.41, 5.74) is 5.27. The first-order valence-corrected chi connectivity index (χ1v) is 4.73. The molecular formula is C6H15NO2S. The molecule has 1 unspecified atom stereocenters. The standard InChI is InChI=1S/C6H15NO2S/c1-5(7)10(8,9)6(2,3)4/h5H,7H2,1-4H3. The van der Waals surface area contributed by atoms with E-state index in [4.69, 9.17) is 5.73 Å². The Morgan fingerprint density at radius 3 is 1.60 bits per heavy atom. The molecule has 0 fully saturated rings. The summed E-state index contributed by atoms with van der Waals surface area (Å²) in [6.45, 7) is 6.42. The van der Waals surface area contributed by atoms with Crippen molar-refractivity contribution in [3.8, 4) is 0 Å². The molecule has 0 spiro atoms. The van der Waals surface area contributed by atoms with Crippen LogP contribution in [0.1, 0.15) is 27.7 Å². The van der Waals surface area contributed by atoms with Gasteiger partial charge < -0.3 is 5.73 Å². The summed E-state index contributed by atoms with van der Waals surface area (Å²) in [6.07, 6.45) is 0. The van der Waals surface area contributed by atoms with Crippen LogP contribution in [0.2, 0.25) is 0 Å². The minimum atomic E-state index is -3.14. The Labute approximate surface area is 62.5 Å². The van der Waals surface area contributed by atoms with Crippen molar-refractivity contribution in [2.45, 2.75) is 37.8 Å². The van der Waals surface area contributed by atoms with Crippen LogP contribution >= 0.6 is 0 Å². The zero-order chi connectivity index (χ0) is 8.58. The van der Waals surface area contributed by atoms with Crippen LogP contribution in [0.5, 0.6) is 0 Å². The van der Waals surface area contributed by atoms with Gasteiger partial charge in [0.05, 0.1) is 4.75 Å². The van der Waals surface area contributed by atoms with Gasteiger partial charge in [-0.2, -0.15) is 0 Å². The maximum Gasteiger partial charge on any atom is 0.170 e. The van der Waals surface area contributed by atoms with Gasteiger partial charge in [-0.15, -0.1) is 0 Å². The highest BCUT2D eigenvalue weighted by atomic mass is 32.2. The number of nitrogens with two attached hydrogens (primary N) is 1. The molecule has 0 aromatic rings. The molecule has 10 heavy (non-hydrogen) atoms. The summed E-state index contributed by atoms with van der Waals surface area (Å²) in [6, 6.07) is 0. The van der Waals surface area contributed by atoms with Crippen LogP contribution in [0.3, 0.4) is 0 Å². The predicted molar refractivity (Wildman–Crippen MR) is 42.3 cm³/mol. The van der Waals surface area contributed by atoms with Crippen LogP contribution in [0.15, 0.2) is 0 Å². The highest BCUT2D eigenvalue weighted by Gasteiger charge is 2.31. The number of hydrogen-bond donors (Lipinski definition) is 1. The Hall–Kier alpha value is -0.0900. The van der Waals surface area contributed by atoms with Crippen molar-refractivity contribution in [2.75, 3.05) is 0 Å². The first-order chi connectivity index (χ1) is 4.19. The highest BCUT2D eigenvalue weighted by Crippen LogP contribution is 2.17. The zero-order valence-corrected chi connectivity index (χ0v) is 7.70. The van der Waals surface area contributed by atoms with Gasteiger partial charge in [-0.05, 0) is 27.7 Å². The van der Waals surface area contributed by atoms with Gasteiger partial charge in [0.1, 0.15) is 5.37 Å². The smallest absolute Gasteiger partial charge is 0.170 e. The number of hydrogen-bond acceptors (Lipinski definition) is 3. The van der Waals surface area contributed by atoms with Crippen LogP contribution < -0.4 is 5.73 Å². The van der Waals surface area contributed by atoms with Crippen molar-refractivity contribution in [3.63, 3.8) is 0 Å². The van der Waals surface area contributed by atoms with Crippen LogP contribution in [-0.4, -0.2) is 18.5 Å². The maximum absolute atomic E-state index is 11.2. The van der Waals surface area contributed by atoms with Crippen molar-refractivity contribution < 1.29 is 8.42 Å². The second-order valence-corrected chi connectivity index (χ2v) is 6.42. The Balaban J connectivity index is 4.79. The van der Waals surface area contributed by atoms with Gasteiger partial charge in [-0.25, -0.2) is 8.42 Å². The van der Waals surface area contributed by atoms with E-state index in [1.165, 1.54) is 6.92 Å². The topological polar surface area (TPSA) is 60.2 Å². The first kappa shape index (κ1) is 9.91. The molecule has 0 bridgehead atoms. The van der Waals surface area contributed by atoms with Gasteiger partial charge in [-0.1, -0.05) is 0 Å². The molecule has 0 aromatic carbocycles. The van der Waals surface area contributed by atoms with Gasteiger partial charge in [0.2, 0.25) is 0 Å². The molecule has 62 valence electrons. The second-order valence-electron chi connectivity index (χ2n) is 3.36. The lowest BCUT2D eigenvalue weighted by Gasteiger charge is -2.21. The SMILES string of the molecule is CC(N)S(=O)(=O)C(C)(C)C. The van der Waals surface area contributed by atoms with E-state index in [-0.39, 0.29) is 0 Å². The Kier molecular flexibility index (Phi) is 2.49. The fourth-order valence-electron chi connectivity index (χ4n) is 0.558. The normalized spacial score (nSPS) is 16.9. The van der Waals surface area contributed by atoms with Crippen LogP contribution in [0.4, 0.5) is 0 Å². The lowest BCUT2D eigenvalue weighted by molar-refractivity contribution is 0.549. The Morgan fingerprint density at radius 2 is 1.60 bits per heavy atom. The van der Waals surface area contributed by atoms with E-state index in [0.29, 0.717) is 0 Å². The molecule has 2 N–H and O–H groups in total. The minimum Gasteiger partial charge on any atom is -0.315 e. The van der Waals surface area contributed by atoms with E-state index in [1.54, 1.807) is 20.8 Å². The molecule has 3 nitrogen and oxygen atoms in total. The van der Waals surface area contributed by atoms with Crippen LogP contribution in [0, 0.1) is 0 Å². The van der Waals surface area contributed by atoms with Crippen LogP contribution in [0.25, 0.3) is 0 Å². The van der Waals surface area contributed by atoms with Gasteiger partial charge in [0.25, 0.3) is 0 Å². The summed E-state index contributed by atoms with van der Waals surface area (Å²) in [5.74, 6) is 0. The van der Waals surface area contributed by atoms with E-state index in [9.17, 15) is 8.42 Å². The lowest BCUT2D eigenvalue weighted by atomic mass is 10.3. The van der Waals surface area contributed by atoms with Gasteiger partial charge in [0.15, 0.2) is 9.84 Å². The van der Waals surface area contributed by atoms with Gasteiger partial charge >= 0.3 is 0 Å². The molecule has 0 rings (SSSR count). The average molecular weight is 165 g/mol. The summed E-state index contributed by atoms with van der Waals surface area (Å²) >= 11 is 0. The molecule has 0 radical (unpaired) electrons. The molecule has 0 aliphatic carbocycles. The van der Waals surface area contributed by atoms with Gasteiger partial charge in [-0.3, -0.25) is 0 Å². The molecule has 0 aromatic heterocycles. The fraction of sp³-hybridized carbons (Fsp3) is 1.00. The fourth-order valence-corrected chi connectivity index (χ4v) is 1.67. The van der Waals surface area contributed by atoms with Crippen molar-refractivity contribution in [1.82, 2.24) is 0 Å². The molecule has 0 amide bonds. The highest BCUT2D eigenvalue weighted by molar-refractivity contribution is 7.93. The largest absolute Gasteiger partial charge is 0.315 e. The van der Waals surface area contributed by atoms with Crippen molar-refractivity contribution in [1.29, 1.82) is 0 Å². The number of sulfone groups is 1. The molecule has 1 atom stereocenters. The van der Waals surface area contributed by atoms with Crippen LogP contribution in [-0.2, 0) is 9.84 Å². The summed E-state index contributed by atoms with van der Waals surface area (Å²) < 4.78 is 21.7. The van der Waals surface area contributed by atoms with Crippen molar-refractivity contribution in [3.05, 3.63) is 0 Å². The van der Waals surface area contributed by atoms with E-state index >= 15 is 0 Å². The lowest BCUT2D eigenvalue weighted by Crippen LogP contribution is -2.40. The quantitative estimate of drug-likeness (QED) is 0.615. The summed E-state index contributed by atoms with van der Waals surface area (Å²) in [5, 5.41) is -0.771. The third-order valence-electron chi connectivity index (χ3n) is 1.34. The predicted octanol–water partition coefficient (Wildman–Crippen LogP) is 0.504. The average Bonchev–Trinajstić information content (AvgIpc) is 1.62. The van der Waals surface area contributed by atoms with E-state index in [0.717, 1.165) is 0 Å². The zero-order valence-electron chi connectivity index (χ0n) is 6.88. The number of rotatable bonds is 1. The monoisotopic (exact) mass is 165 g/mol. The minimum absolute atomic E-state index is 0.735. The van der Waals surface area contributed by atoms with E-state index in [2.05, 4.69) is 0 Å². The summed E-state index contributed by atoms with van der Waals surface area (Å²) in [7, 11) is -3.14. The second kappa shape index (κ2) is 2.51. The molecule has 0 aliphatic heterocycles. The van der Waals surface area contributed by atoms with Crippen molar-refractivity contribution >= 4 is 9.84 Å². The van der Waals surface area contributed by atoms with Gasteiger partial charge in [0, 0.05) is 0 Å². The third-order valence-corrected chi connectivity index (χ3v) is 4.03. The Morgan fingerprint density at radius 1 is 1.30 bits per heavy atom. The molecule has 0 heterocycles. The molecule has 4 heteroatoms. The van der Waals surface area contributed by atoms with E-state index < -0.39 is 20.0 Å². The van der Waals surface area contributed by atoms with E-state index in [1.807, 2.05) is 0 Å². The maximum atomic E-state index is 11.2.